The van der Waals surface area contributed by atoms with Crippen LogP contribution < -0.4 is 11.2 Å². The van der Waals surface area contributed by atoms with Gasteiger partial charge in [-0.3, -0.25) is 14.3 Å². The monoisotopic (exact) mass is 246 g/mol. The lowest BCUT2D eigenvalue weighted by atomic mass is 10.3. The topological polar surface area (TPSA) is 93.6 Å². The molecule has 0 bridgehead atoms. The molecule has 2 N–H and O–H groups in total. The minimum atomic E-state index is -1.06. The molecule has 0 saturated carbocycles. The summed E-state index contributed by atoms with van der Waals surface area (Å²) in [6.07, 6.45) is 0.0900. The van der Waals surface area contributed by atoms with Crippen LogP contribution in [0.3, 0.4) is 0 Å². The van der Waals surface area contributed by atoms with E-state index >= 15 is 0 Å². The number of nitrogens with one attached hydrogen (secondary N) is 1. The summed E-state index contributed by atoms with van der Waals surface area (Å²) in [5, 5.41) is 8.76. The van der Waals surface area contributed by atoms with Crippen molar-refractivity contribution in [1.29, 1.82) is 0 Å². The maximum Gasteiger partial charge on any atom is 0.328 e. The third-order valence-corrected chi connectivity index (χ3v) is 2.42. The molecule has 2 heterocycles. The Kier molecular flexibility index (Phi) is 3.36. The zero-order valence-corrected chi connectivity index (χ0v) is 8.76. The summed E-state index contributed by atoms with van der Waals surface area (Å²) >= 11 is 0. The Morgan fingerprint density at radius 3 is 2.71 bits per heavy atom. The first kappa shape index (κ1) is 12.0. The van der Waals surface area contributed by atoms with Gasteiger partial charge in [0, 0.05) is 0 Å². The van der Waals surface area contributed by atoms with E-state index in [9.17, 15) is 14.0 Å². The molecule has 0 aliphatic carbocycles. The van der Waals surface area contributed by atoms with E-state index < -0.39 is 29.4 Å². The Morgan fingerprint density at radius 2 is 2.12 bits per heavy atom. The highest BCUT2D eigenvalue weighted by Crippen LogP contribution is 2.14. The molecular weight excluding hydrogens is 235 g/mol. The quantitative estimate of drug-likeness (QED) is 0.668. The van der Waals surface area contributed by atoms with Crippen molar-refractivity contribution in [3.8, 4) is 0 Å². The van der Waals surface area contributed by atoms with E-state index in [1.54, 1.807) is 0 Å². The van der Waals surface area contributed by atoms with Crippen LogP contribution in [0.1, 0.15) is 6.04 Å². The molecule has 0 atom stereocenters. The molecule has 0 unspecified atom stereocenters. The lowest BCUT2D eigenvalue weighted by Gasteiger charge is -2.29. The van der Waals surface area contributed by atoms with E-state index in [1.165, 1.54) is 0 Å². The molecule has 17 heavy (non-hydrogen) atoms. The molecule has 0 amide bonds. The summed E-state index contributed by atoms with van der Waals surface area (Å²) in [4.78, 5) is 24.1. The number of halogens is 1. The molecule has 8 heteroatoms. The van der Waals surface area contributed by atoms with Gasteiger partial charge in [-0.1, -0.05) is 0 Å². The second-order valence-electron chi connectivity index (χ2n) is 3.58. The Morgan fingerprint density at radius 1 is 1.47 bits per heavy atom. The number of hydrogen-bond acceptors (Lipinski definition) is 5. The van der Waals surface area contributed by atoms with E-state index in [1.807, 2.05) is 4.98 Å². The van der Waals surface area contributed by atoms with Crippen molar-refractivity contribution in [2.45, 2.75) is 12.3 Å². The van der Waals surface area contributed by atoms with Crippen LogP contribution >= 0.6 is 0 Å². The van der Waals surface area contributed by atoms with Gasteiger partial charge >= 0.3 is 5.69 Å². The Labute approximate surface area is 94.4 Å². The molecule has 1 saturated heterocycles. The van der Waals surface area contributed by atoms with E-state index in [-0.39, 0.29) is 19.8 Å². The van der Waals surface area contributed by atoms with Gasteiger partial charge in [0.1, 0.15) is 0 Å². The summed E-state index contributed by atoms with van der Waals surface area (Å²) in [5.41, 5.74) is -1.78. The Hall–Kier alpha value is -1.51. The zero-order valence-electron chi connectivity index (χ0n) is 8.76. The number of rotatable bonds is 2. The smallest absolute Gasteiger partial charge is 0.328 e. The Balaban J connectivity index is 2.22. The predicted octanol–water partition coefficient (Wildman–Crippen LogP) is -1.42. The maximum atomic E-state index is 13.0. The fourth-order valence-electron chi connectivity index (χ4n) is 1.53. The lowest BCUT2D eigenvalue weighted by molar-refractivity contribution is -0.211. The SMILES string of the molecule is O=c1[nH]c(=O)n(C2COC(CO)OC2)cc1F. The molecule has 1 aliphatic heterocycles. The van der Waals surface area contributed by atoms with Gasteiger partial charge in [-0.2, -0.15) is 4.39 Å². The van der Waals surface area contributed by atoms with Crippen molar-refractivity contribution in [2.24, 2.45) is 0 Å². The molecule has 0 radical (unpaired) electrons. The van der Waals surface area contributed by atoms with Gasteiger partial charge in [-0.05, 0) is 0 Å². The first-order valence-electron chi connectivity index (χ1n) is 4.97. The number of aromatic amines is 1. The number of H-pyrrole nitrogens is 1. The van der Waals surface area contributed by atoms with E-state index in [0.717, 1.165) is 10.8 Å². The van der Waals surface area contributed by atoms with Crippen molar-refractivity contribution < 1.29 is 19.0 Å². The standard InChI is InChI=1S/C9H11FN2O5/c10-6-1-12(9(15)11-8(6)14)5-3-16-7(2-13)17-4-5/h1,5,7,13H,2-4H2,(H,11,14,15). The predicted molar refractivity (Wildman–Crippen MR) is 53.1 cm³/mol. The highest BCUT2D eigenvalue weighted by Gasteiger charge is 2.24. The molecule has 1 fully saturated rings. The van der Waals surface area contributed by atoms with Crippen LogP contribution in [0.2, 0.25) is 0 Å². The van der Waals surface area contributed by atoms with Crippen LogP contribution in [0.5, 0.6) is 0 Å². The van der Waals surface area contributed by atoms with Crippen molar-refractivity contribution in [3.05, 3.63) is 32.9 Å². The van der Waals surface area contributed by atoms with Gasteiger partial charge in [0.25, 0.3) is 5.56 Å². The molecule has 1 aliphatic rings. The van der Waals surface area contributed by atoms with Gasteiger partial charge < -0.3 is 14.6 Å². The Bertz CT molecular complexity index is 503. The van der Waals surface area contributed by atoms with Crippen LogP contribution in [0.15, 0.2) is 15.8 Å². The fraction of sp³-hybridized carbons (Fsp3) is 0.556. The summed E-state index contributed by atoms with van der Waals surface area (Å²) in [7, 11) is 0. The van der Waals surface area contributed by atoms with Crippen molar-refractivity contribution in [2.75, 3.05) is 19.8 Å². The normalized spacial score (nSPS) is 24.8. The molecule has 1 aromatic heterocycles. The van der Waals surface area contributed by atoms with E-state index in [0.29, 0.717) is 0 Å². The van der Waals surface area contributed by atoms with Crippen molar-refractivity contribution in [3.63, 3.8) is 0 Å². The molecule has 0 spiro atoms. The van der Waals surface area contributed by atoms with Crippen molar-refractivity contribution >= 4 is 0 Å². The maximum absolute atomic E-state index is 13.0. The minimum Gasteiger partial charge on any atom is -0.391 e. The molecule has 2 rings (SSSR count). The highest BCUT2D eigenvalue weighted by atomic mass is 19.1. The number of aliphatic hydroxyl groups is 1. The van der Waals surface area contributed by atoms with Crippen molar-refractivity contribution in [1.82, 2.24) is 9.55 Å². The minimum absolute atomic E-state index is 0.0939. The third kappa shape index (κ3) is 2.43. The molecule has 94 valence electrons. The van der Waals surface area contributed by atoms with E-state index in [2.05, 4.69) is 0 Å². The molecule has 7 nitrogen and oxygen atoms in total. The van der Waals surface area contributed by atoms with Gasteiger partial charge in [0.2, 0.25) is 5.82 Å². The molecule has 1 aromatic rings. The summed E-state index contributed by atoms with van der Waals surface area (Å²) in [6, 6.07) is -0.531. The van der Waals surface area contributed by atoms with Crippen LogP contribution in [0, 0.1) is 5.82 Å². The first-order valence-corrected chi connectivity index (χ1v) is 4.97. The lowest BCUT2D eigenvalue weighted by Crippen LogP contribution is -2.41. The number of ether oxygens (including phenoxy) is 2. The highest BCUT2D eigenvalue weighted by molar-refractivity contribution is 4.90. The number of aromatic nitrogens is 2. The third-order valence-electron chi connectivity index (χ3n) is 2.42. The summed E-state index contributed by atoms with van der Waals surface area (Å²) < 4.78 is 24.2. The zero-order chi connectivity index (χ0) is 12.4. The first-order chi connectivity index (χ1) is 8.11. The van der Waals surface area contributed by atoms with Gasteiger partial charge in [0.05, 0.1) is 32.1 Å². The van der Waals surface area contributed by atoms with Crippen LogP contribution in [0.4, 0.5) is 4.39 Å². The largest absolute Gasteiger partial charge is 0.391 e. The second-order valence-corrected chi connectivity index (χ2v) is 3.58. The second kappa shape index (κ2) is 4.78. The number of nitrogens with zero attached hydrogens (tertiary/aromatic N) is 1. The van der Waals surface area contributed by atoms with E-state index in [4.69, 9.17) is 14.6 Å². The average Bonchev–Trinajstić information content (AvgIpc) is 2.34. The number of aliphatic hydroxyl groups excluding tert-OH is 1. The fourth-order valence-corrected chi connectivity index (χ4v) is 1.53. The van der Waals surface area contributed by atoms with Gasteiger partial charge in [0.15, 0.2) is 6.29 Å². The van der Waals surface area contributed by atoms with Gasteiger partial charge in [-0.25, -0.2) is 4.79 Å². The van der Waals surface area contributed by atoms with Crippen LogP contribution in [-0.2, 0) is 9.47 Å². The van der Waals surface area contributed by atoms with Gasteiger partial charge in [-0.15, -0.1) is 0 Å². The summed E-state index contributed by atoms with van der Waals surface area (Å²) in [5.74, 6) is -1.05. The molecule has 0 aromatic carbocycles. The summed E-state index contributed by atoms with van der Waals surface area (Å²) in [6.45, 7) is -0.102. The van der Waals surface area contributed by atoms with Crippen LogP contribution in [-0.4, -0.2) is 40.8 Å². The molecular formula is C9H11FN2O5. The average molecular weight is 246 g/mol. The van der Waals surface area contributed by atoms with Crippen LogP contribution in [0.25, 0.3) is 0 Å². The number of hydrogen-bond donors (Lipinski definition) is 2.